The van der Waals surface area contributed by atoms with Gasteiger partial charge in [0, 0.05) is 77.1 Å². The summed E-state index contributed by atoms with van der Waals surface area (Å²) in [4.78, 5) is 26.1. The molecule has 0 amide bonds. The third kappa shape index (κ3) is 11.1. The van der Waals surface area contributed by atoms with Crippen molar-refractivity contribution < 1.29 is 13.3 Å². The zero-order valence-electron chi connectivity index (χ0n) is 33.8. The largest absolute Gasteiger partial charge is 0.376 e. The van der Waals surface area contributed by atoms with Crippen molar-refractivity contribution >= 4 is 67.2 Å². The van der Waals surface area contributed by atoms with Crippen molar-refractivity contribution in [3.05, 3.63) is 142 Å². The zero-order chi connectivity index (χ0) is 42.3. The summed E-state index contributed by atoms with van der Waals surface area (Å²) in [6.45, 7) is 11.0. The second-order valence-corrected chi connectivity index (χ2v) is 19.0. The first kappa shape index (κ1) is 42.9. The fourth-order valence-electron chi connectivity index (χ4n) is 7.21. The Hall–Kier alpha value is -5.25. The van der Waals surface area contributed by atoms with Crippen LogP contribution in [0.3, 0.4) is 0 Å². The Morgan fingerprint density at radius 3 is 2.33 bits per heavy atom. The van der Waals surface area contributed by atoms with Crippen LogP contribution in [-0.2, 0) is 16.6 Å². The SMILES string of the molecule is CC(C)(C)NCC[C@H](CSc1ccccc1)Nc1ccc(S(=O)(=O)Nc2ncnc3cc(N4CCN(Cc5cc(Cl)ccc5-c5ccccc5)CC4)ccc23)cc1[N+](=O)[O-]. The lowest BCUT2D eigenvalue weighted by Crippen LogP contribution is -2.46. The molecule has 1 aromatic heterocycles. The lowest BCUT2D eigenvalue weighted by molar-refractivity contribution is -0.384. The van der Waals surface area contributed by atoms with Crippen LogP contribution >= 0.6 is 23.4 Å². The number of anilines is 3. The van der Waals surface area contributed by atoms with E-state index in [2.05, 4.69) is 80.2 Å². The van der Waals surface area contributed by atoms with Crippen LogP contribution in [0.4, 0.5) is 22.9 Å². The molecular formula is C45H49ClN8O4S2. The molecule has 1 atom stereocenters. The molecule has 0 spiro atoms. The highest BCUT2D eigenvalue weighted by molar-refractivity contribution is 7.99. The third-order valence-corrected chi connectivity index (χ3v) is 13.1. The van der Waals surface area contributed by atoms with Crippen molar-refractivity contribution in [2.75, 3.05) is 53.4 Å². The maximum atomic E-state index is 13.8. The van der Waals surface area contributed by atoms with Gasteiger partial charge in [0.1, 0.15) is 12.0 Å². The minimum atomic E-state index is -4.28. The number of piperazine rings is 1. The van der Waals surface area contributed by atoms with E-state index in [0.717, 1.165) is 54.9 Å². The van der Waals surface area contributed by atoms with Crippen LogP contribution in [0.25, 0.3) is 22.0 Å². The van der Waals surface area contributed by atoms with Gasteiger partial charge in [0.05, 0.1) is 15.3 Å². The van der Waals surface area contributed by atoms with Gasteiger partial charge in [0.2, 0.25) is 0 Å². The quantitative estimate of drug-likeness (QED) is 0.0486. The predicted octanol–water partition coefficient (Wildman–Crippen LogP) is 9.33. The molecule has 7 rings (SSSR count). The molecule has 0 bridgehead atoms. The molecule has 5 aromatic carbocycles. The van der Waals surface area contributed by atoms with E-state index >= 15 is 0 Å². The Kier molecular flexibility index (Phi) is 13.6. The Morgan fingerprint density at radius 1 is 0.883 bits per heavy atom. The first-order valence-electron chi connectivity index (χ1n) is 19.9. The molecule has 60 heavy (non-hydrogen) atoms. The lowest BCUT2D eigenvalue weighted by Gasteiger charge is -2.36. The van der Waals surface area contributed by atoms with E-state index in [0.29, 0.717) is 34.6 Å². The van der Waals surface area contributed by atoms with Crippen molar-refractivity contribution in [3.8, 4) is 11.1 Å². The summed E-state index contributed by atoms with van der Waals surface area (Å²) < 4.78 is 30.2. The number of hydrogen-bond donors (Lipinski definition) is 3. The van der Waals surface area contributed by atoms with Crippen molar-refractivity contribution in [2.24, 2.45) is 0 Å². The van der Waals surface area contributed by atoms with Crippen LogP contribution in [0, 0.1) is 10.1 Å². The van der Waals surface area contributed by atoms with E-state index in [1.165, 1.54) is 29.6 Å². The molecule has 6 aromatic rings. The summed E-state index contributed by atoms with van der Waals surface area (Å²) in [7, 11) is -4.28. The monoisotopic (exact) mass is 864 g/mol. The molecule has 2 heterocycles. The molecule has 0 unspecified atom stereocenters. The normalized spacial score (nSPS) is 14.2. The molecule has 1 aliphatic heterocycles. The highest BCUT2D eigenvalue weighted by Crippen LogP contribution is 2.33. The van der Waals surface area contributed by atoms with Gasteiger partial charge in [-0.25, -0.2) is 18.4 Å². The number of nitrogens with one attached hydrogen (secondary N) is 3. The number of halogens is 1. The van der Waals surface area contributed by atoms with Gasteiger partial charge in [-0.1, -0.05) is 66.2 Å². The number of hydrogen-bond acceptors (Lipinski definition) is 11. The second kappa shape index (κ2) is 19.0. The van der Waals surface area contributed by atoms with Gasteiger partial charge in [-0.2, -0.15) is 0 Å². The van der Waals surface area contributed by atoms with Gasteiger partial charge < -0.3 is 15.5 Å². The molecule has 12 nitrogen and oxygen atoms in total. The third-order valence-electron chi connectivity index (χ3n) is 10.3. The Bertz CT molecular complexity index is 2540. The highest BCUT2D eigenvalue weighted by Gasteiger charge is 2.25. The molecule has 1 fully saturated rings. The number of nitro groups is 1. The van der Waals surface area contributed by atoms with Crippen LogP contribution < -0.4 is 20.3 Å². The molecule has 15 heteroatoms. The maximum absolute atomic E-state index is 13.8. The van der Waals surface area contributed by atoms with Gasteiger partial charge >= 0.3 is 0 Å². The van der Waals surface area contributed by atoms with Crippen LogP contribution in [0.1, 0.15) is 32.8 Å². The summed E-state index contributed by atoms with van der Waals surface area (Å²) in [5.74, 6) is 0.731. The van der Waals surface area contributed by atoms with Crippen LogP contribution in [0.5, 0.6) is 0 Å². The molecular weight excluding hydrogens is 816 g/mol. The number of fused-ring (bicyclic) bond motifs is 1. The van der Waals surface area contributed by atoms with Crippen LogP contribution in [0.15, 0.2) is 131 Å². The van der Waals surface area contributed by atoms with E-state index in [9.17, 15) is 18.5 Å². The molecule has 312 valence electrons. The molecule has 1 saturated heterocycles. The number of aromatic nitrogens is 2. The summed E-state index contributed by atoms with van der Waals surface area (Å²) in [5, 5.41) is 20.4. The van der Waals surface area contributed by atoms with Gasteiger partial charge in [-0.05, 0) is 105 Å². The van der Waals surface area contributed by atoms with Gasteiger partial charge in [0.25, 0.3) is 15.7 Å². The minimum absolute atomic E-state index is 0.0846. The van der Waals surface area contributed by atoms with Crippen LogP contribution in [0.2, 0.25) is 5.02 Å². The summed E-state index contributed by atoms with van der Waals surface area (Å²) in [6, 6.07) is 35.8. The molecule has 0 radical (unpaired) electrons. The van der Waals surface area contributed by atoms with Gasteiger partial charge in [-0.15, -0.1) is 11.8 Å². The van der Waals surface area contributed by atoms with Crippen molar-refractivity contribution in [3.63, 3.8) is 0 Å². The Labute approximate surface area is 361 Å². The van der Waals surface area contributed by atoms with Crippen molar-refractivity contribution in [1.82, 2.24) is 20.2 Å². The van der Waals surface area contributed by atoms with Crippen molar-refractivity contribution in [2.45, 2.75) is 55.1 Å². The smallest absolute Gasteiger partial charge is 0.293 e. The average molecular weight is 866 g/mol. The summed E-state index contributed by atoms with van der Waals surface area (Å²) in [6.07, 6.45) is 2.00. The lowest BCUT2D eigenvalue weighted by atomic mass is 9.99. The number of nitro benzene ring substituents is 1. The van der Waals surface area contributed by atoms with E-state index in [4.69, 9.17) is 11.6 Å². The fourth-order valence-corrected chi connectivity index (χ4v) is 9.45. The maximum Gasteiger partial charge on any atom is 0.293 e. The number of nitrogens with zero attached hydrogens (tertiary/aromatic N) is 5. The number of sulfonamides is 1. The Balaban J connectivity index is 1.03. The topological polar surface area (TPSA) is 146 Å². The van der Waals surface area contributed by atoms with E-state index in [-0.39, 0.29) is 33.7 Å². The average Bonchev–Trinajstić information content (AvgIpc) is 3.23. The van der Waals surface area contributed by atoms with E-state index in [1.807, 2.05) is 72.8 Å². The number of benzene rings is 5. The van der Waals surface area contributed by atoms with Crippen LogP contribution in [-0.4, -0.2) is 78.3 Å². The second-order valence-electron chi connectivity index (χ2n) is 15.8. The summed E-state index contributed by atoms with van der Waals surface area (Å²) >= 11 is 8.08. The predicted molar refractivity (Wildman–Crippen MR) is 245 cm³/mol. The first-order valence-corrected chi connectivity index (χ1v) is 22.7. The first-order chi connectivity index (χ1) is 28.8. The molecule has 3 N–H and O–H groups in total. The number of rotatable bonds is 16. The highest BCUT2D eigenvalue weighted by atomic mass is 35.5. The number of thioether (sulfide) groups is 1. The fraction of sp³-hybridized carbons (Fsp3) is 0.289. The van der Waals surface area contributed by atoms with Gasteiger partial charge in [-0.3, -0.25) is 19.7 Å². The molecule has 0 aliphatic carbocycles. The zero-order valence-corrected chi connectivity index (χ0v) is 36.2. The molecule has 1 aliphatic rings. The standard InChI is InChI=1S/C45H49ClN8O4S2/c1-45(2,3)49-21-20-35(30-59-37-12-8-5-9-13-37)50-41-19-16-38(28-43(41)54(55)56)60(57,58)51-44-40-18-15-36(27-42(40)47-31-48-44)53-24-22-52(23-25-53)29-33-26-34(46)14-17-39(33)32-10-6-4-7-11-32/h4-19,26-28,31,35,49-50H,20-25,29-30H2,1-3H3,(H,47,48,51)/t35-/m1/s1. The minimum Gasteiger partial charge on any atom is -0.376 e. The van der Waals surface area contributed by atoms with E-state index < -0.39 is 14.9 Å². The van der Waals surface area contributed by atoms with Crippen molar-refractivity contribution in [1.29, 1.82) is 0 Å². The van der Waals surface area contributed by atoms with E-state index in [1.54, 1.807) is 11.8 Å². The summed E-state index contributed by atoms with van der Waals surface area (Å²) in [5.41, 5.74) is 4.88. The van der Waals surface area contributed by atoms with Gasteiger partial charge in [0.15, 0.2) is 5.82 Å². The Morgan fingerprint density at radius 2 is 1.62 bits per heavy atom. The molecule has 0 saturated carbocycles.